The van der Waals surface area contributed by atoms with Crippen LogP contribution in [0.25, 0.3) is 0 Å². The molecule has 2 atom stereocenters. The van der Waals surface area contributed by atoms with Crippen LogP contribution in [0, 0.1) is 11.8 Å². The Morgan fingerprint density at radius 1 is 1.35 bits per heavy atom. The predicted octanol–water partition coefficient (Wildman–Crippen LogP) is 1.18. The van der Waals surface area contributed by atoms with E-state index in [2.05, 4.69) is 24.2 Å². The van der Waals surface area contributed by atoms with Crippen molar-refractivity contribution in [2.24, 2.45) is 11.8 Å². The van der Waals surface area contributed by atoms with Gasteiger partial charge in [0.1, 0.15) is 0 Å². The number of carbonyl (C=O) groups is 1. The highest BCUT2D eigenvalue weighted by atomic mass is 16.3. The molecule has 0 spiro atoms. The van der Waals surface area contributed by atoms with Gasteiger partial charge >= 0.3 is 0 Å². The highest BCUT2D eigenvalue weighted by Gasteiger charge is 2.40. The maximum Gasteiger partial charge on any atom is 0.251 e. The van der Waals surface area contributed by atoms with Gasteiger partial charge in [-0.2, -0.15) is 0 Å². The van der Waals surface area contributed by atoms with Gasteiger partial charge in [-0.15, -0.1) is 0 Å². The standard InChI is InChI=1S/C18H26N2O3/c1-11-7-14-8-13(18(23)19-15(9-21)10-22)5-6-16(14)20(2)17(11)12-3-4-12/h5-6,8,11-12,15,17,21-22H,3-4,7,9-10H2,1-2H3,(H,19,23)/t11?,17-/m1/s1. The molecule has 1 aromatic rings. The van der Waals surface area contributed by atoms with E-state index in [4.69, 9.17) is 10.2 Å². The van der Waals surface area contributed by atoms with E-state index in [1.54, 1.807) is 0 Å². The minimum absolute atomic E-state index is 0.250. The number of amides is 1. The van der Waals surface area contributed by atoms with Crippen LogP contribution in [0.2, 0.25) is 0 Å². The van der Waals surface area contributed by atoms with Gasteiger partial charge in [0.25, 0.3) is 5.91 Å². The molecule has 1 unspecified atom stereocenters. The summed E-state index contributed by atoms with van der Waals surface area (Å²) < 4.78 is 0. The van der Waals surface area contributed by atoms with Crippen molar-refractivity contribution in [1.29, 1.82) is 0 Å². The second kappa shape index (κ2) is 6.49. The third kappa shape index (κ3) is 3.21. The number of fused-ring (bicyclic) bond motifs is 1. The van der Waals surface area contributed by atoms with Gasteiger partial charge in [0.05, 0.1) is 19.3 Å². The van der Waals surface area contributed by atoms with Gasteiger partial charge in [0.15, 0.2) is 0 Å². The van der Waals surface area contributed by atoms with Gasteiger partial charge in [-0.3, -0.25) is 4.79 Å². The molecule has 0 bridgehead atoms. The highest BCUT2D eigenvalue weighted by molar-refractivity contribution is 5.95. The van der Waals surface area contributed by atoms with Gasteiger partial charge in [-0.1, -0.05) is 6.92 Å². The molecule has 1 aromatic carbocycles. The maximum absolute atomic E-state index is 12.3. The summed E-state index contributed by atoms with van der Waals surface area (Å²) in [4.78, 5) is 14.6. The van der Waals surface area contributed by atoms with E-state index < -0.39 is 6.04 Å². The SMILES string of the molecule is CC1Cc2cc(C(=O)NC(CO)CO)ccc2N(C)[C@H]1C1CC1. The number of rotatable bonds is 5. The summed E-state index contributed by atoms with van der Waals surface area (Å²) in [7, 11) is 2.16. The summed E-state index contributed by atoms with van der Waals surface area (Å²) in [6.07, 6.45) is 3.66. The number of aliphatic hydroxyl groups is 2. The number of nitrogens with zero attached hydrogens (tertiary/aromatic N) is 1. The van der Waals surface area contributed by atoms with E-state index in [1.165, 1.54) is 24.1 Å². The average molecular weight is 318 g/mol. The van der Waals surface area contributed by atoms with Crippen LogP contribution in [0.4, 0.5) is 5.69 Å². The molecule has 5 nitrogen and oxygen atoms in total. The fourth-order valence-corrected chi connectivity index (χ4v) is 3.88. The molecular weight excluding hydrogens is 292 g/mol. The Labute approximate surface area is 137 Å². The van der Waals surface area contributed by atoms with Crippen molar-refractivity contribution < 1.29 is 15.0 Å². The van der Waals surface area contributed by atoms with E-state index in [9.17, 15) is 4.79 Å². The van der Waals surface area contributed by atoms with E-state index in [-0.39, 0.29) is 19.1 Å². The Morgan fingerprint density at radius 2 is 2.04 bits per heavy atom. The second-order valence-electron chi connectivity index (χ2n) is 7.00. The third-order valence-corrected chi connectivity index (χ3v) is 5.17. The molecule has 5 heteroatoms. The van der Waals surface area contributed by atoms with Gasteiger partial charge in [0.2, 0.25) is 0 Å². The van der Waals surface area contributed by atoms with Crippen molar-refractivity contribution >= 4 is 11.6 Å². The lowest BCUT2D eigenvalue weighted by Crippen LogP contribution is -2.43. The summed E-state index contributed by atoms with van der Waals surface area (Å²) >= 11 is 0. The highest BCUT2D eigenvalue weighted by Crippen LogP contribution is 2.44. The normalized spacial score (nSPS) is 23.8. The Balaban J connectivity index is 1.80. The van der Waals surface area contributed by atoms with Crippen LogP contribution in [-0.2, 0) is 6.42 Å². The zero-order valence-corrected chi connectivity index (χ0v) is 13.8. The molecule has 2 aliphatic rings. The molecule has 1 amide bonds. The van der Waals surface area contributed by atoms with Gasteiger partial charge < -0.3 is 20.4 Å². The summed E-state index contributed by atoms with van der Waals surface area (Å²) in [5.74, 6) is 1.16. The zero-order chi connectivity index (χ0) is 16.6. The minimum Gasteiger partial charge on any atom is -0.394 e. The Bertz CT molecular complexity index is 582. The molecule has 23 heavy (non-hydrogen) atoms. The summed E-state index contributed by atoms with van der Waals surface area (Å²) in [6, 6.07) is 5.80. The van der Waals surface area contributed by atoms with Crippen molar-refractivity contribution in [2.75, 3.05) is 25.2 Å². The number of hydrogen-bond donors (Lipinski definition) is 3. The van der Waals surface area contributed by atoms with Crippen molar-refractivity contribution in [3.05, 3.63) is 29.3 Å². The Morgan fingerprint density at radius 3 is 2.65 bits per heavy atom. The molecule has 3 rings (SSSR count). The fourth-order valence-electron chi connectivity index (χ4n) is 3.88. The molecule has 1 aliphatic heterocycles. The van der Waals surface area contributed by atoms with Gasteiger partial charge in [-0.05, 0) is 54.9 Å². The number of carbonyl (C=O) groups excluding carboxylic acids is 1. The first-order valence-electron chi connectivity index (χ1n) is 8.43. The smallest absolute Gasteiger partial charge is 0.251 e. The topological polar surface area (TPSA) is 72.8 Å². The molecular formula is C18H26N2O3. The van der Waals surface area contributed by atoms with Crippen LogP contribution in [0.15, 0.2) is 18.2 Å². The first-order valence-corrected chi connectivity index (χ1v) is 8.43. The van der Waals surface area contributed by atoms with Crippen LogP contribution < -0.4 is 10.2 Å². The predicted molar refractivity (Wildman–Crippen MR) is 89.7 cm³/mol. The molecule has 1 heterocycles. The summed E-state index contributed by atoms with van der Waals surface area (Å²) in [5.41, 5.74) is 3.01. The lowest BCUT2D eigenvalue weighted by atomic mass is 9.84. The molecule has 1 saturated carbocycles. The fraction of sp³-hybridized carbons (Fsp3) is 0.611. The minimum atomic E-state index is -0.612. The quantitative estimate of drug-likeness (QED) is 0.762. The average Bonchev–Trinajstić information content (AvgIpc) is 3.36. The Kier molecular flexibility index (Phi) is 4.60. The Hall–Kier alpha value is -1.59. The summed E-state index contributed by atoms with van der Waals surface area (Å²) in [5, 5.41) is 20.8. The van der Waals surface area contributed by atoms with E-state index in [0.29, 0.717) is 17.5 Å². The first-order chi connectivity index (χ1) is 11.0. The molecule has 126 valence electrons. The van der Waals surface area contributed by atoms with E-state index in [1.807, 2.05) is 18.2 Å². The van der Waals surface area contributed by atoms with E-state index in [0.717, 1.165) is 12.3 Å². The van der Waals surface area contributed by atoms with Crippen molar-refractivity contribution in [3.63, 3.8) is 0 Å². The second-order valence-corrected chi connectivity index (χ2v) is 7.00. The lowest BCUT2D eigenvalue weighted by Gasteiger charge is -2.41. The van der Waals surface area contributed by atoms with Gasteiger partial charge in [-0.25, -0.2) is 0 Å². The number of nitrogens with one attached hydrogen (secondary N) is 1. The van der Waals surface area contributed by atoms with Gasteiger partial charge in [0, 0.05) is 24.3 Å². The lowest BCUT2D eigenvalue weighted by molar-refractivity contribution is 0.0879. The van der Waals surface area contributed by atoms with Crippen molar-refractivity contribution in [1.82, 2.24) is 5.32 Å². The number of anilines is 1. The van der Waals surface area contributed by atoms with Crippen LogP contribution >= 0.6 is 0 Å². The van der Waals surface area contributed by atoms with Crippen LogP contribution in [0.5, 0.6) is 0 Å². The summed E-state index contributed by atoms with van der Waals surface area (Å²) in [6.45, 7) is 1.76. The first kappa shape index (κ1) is 16.3. The van der Waals surface area contributed by atoms with E-state index >= 15 is 0 Å². The molecule has 0 aromatic heterocycles. The third-order valence-electron chi connectivity index (χ3n) is 5.17. The zero-order valence-electron chi connectivity index (χ0n) is 13.8. The van der Waals surface area contributed by atoms with Crippen LogP contribution in [0.3, 0.4) is 0 Å². The molecule has 3 N–H and O–H groups in total. The molecule has 1 fully saturated rings. The number of aliphatic hydroxyl groups excluding tert-OH is 2. The van der Waals surface area contributed by atoms with Crippen molar-refractivity contribution in [3.8, 4) is 0 Å². The number of benzene rings is 1. The molecule has 1 aliphatic carbocycles. The van der Waals surface area contributed by atoms with Crippen LogP contribution in [0.1, 0.15) is 35.7 Å². The maximum atomic E-state index is 12.3. The molecule has 0 saturated heterocycles. The van der Waals surface area contributed by atoms with Crippen LogP contribution in [-0.4, -0.2) is 48.5 Å². The largest absolute Gasteiger partial charge is 0.394 e. The molecule has 0 radical (unpaired) electrons. The van der Waals surface area contributed by atoms with Crippen molar-refractivity contribution in [2.45, 2.75) is 38.3 Å². The monoisotopic (exact) mass is 318 g/mol. The number of hydrogen-bond acceptors (Lipinski definition) is 4.